The lowest BCUT2D eigenvalue weighted by atomic mass is 9.64. The van der Waals surface area contributed by atoms with Crippen LogP contribution in [0.25, 0.3) is 0 Å². The fraction of sp³-hybridized carbons (Fsp3) is 0.625. The molecular weight excluding hydrogens is 238 g/mol. The third-order valence-corrected chi connectivity index (χ3v) is 4.39. The van der Waals surface area contributed by atoms with Gasteiger partial charge in [0.1, 0.15) is 11.5 Å². The van der Waals surface area contributed by atoms with E-state index in [4.69, 9.17) is 15.2 Å². The summed E-state index contributed by atoms with van der Waals surface area (Å²) >= 11 is 0. The lowest BCUT2D eigenvalue weighted by Crippen LogP contribution is -2.41. The molecule has 3 nitrogen and oxygen atoms in total. The van der Waals surface area contributed by atoms with Crippen molar-refractivity contribution in [1.29, 1.82) is 0 Å². The SMILES string of the molecule is CCCc1cc(OC)c(C2(CN)CCC2)cc1OC. The smallest absolute Gasteiger partial charge is 0.123 e. The molecule has 1 fully saturated rings. The molecule has 19 heavy (non-hydrogen) atoms. The standard InChI is InChI=1S/C16H25NO2/c1-4-6-12-9-15(19-3)13(10-14(12)18-2)16(11-17)7-5-8-16/h9-10H,4-8,11,17H2,1-3H3. The minimum absolute atomic E-state index is 0.101. The Morgan fingerprint density at radius 3 is 2.26 bits per heavy atom. The molecule has 0 heterocycles. The molecule has 0 aliphatic heterocycles. The van der Waals surface area contributed by atoms with Gasteiger partial charge in [-0.3, -0.25) is 0 Å². The molecule has 106 valence electrons. The van der Waals surface area contributed by atoms with Crippen molar-refractivity contribution in [3.05, 3.63) is 23.3 Å². The number of ether oxygens (including phenoxy) is 2. The van der Waals surface area contributed by atoms with Crippen LogP contribution in [0.4, 0.5) is 0 Å². The second-order valence-corrected chi connectivity index (χ2v) is 5.45. The molecule has 0 saturated heterocycles. The van der Waals surface area contributed by atoms with Gasteiger partial charge in [-0.15, -0.1) is 0 Å². The zero-order chi connectivity index (χ0) is 13.9. The van der Waals surface area contributed by atoms with Crippen molar-refractivity contribution in [2.45, 2.75) is 44.4 Å². The number of hydrogen-bond donors (Lipinski definition) is 1. The van der Waals surface area contributed by atoms with Gasteiger partial charge in [-0.25, -0.2) is 0 Å². The van der Waals surface area contributed by atoms with Crippen molar-refractivity contribution in [3.63, 3.8) is 0 Å². The Balaban J connectivity index is 2.47. The summed E-state index contributed by atoms with van der Waals surface area (Å²) in [5, 5.41) is 0. The maximum absolute atomic E-state index is 6.02. The molecule has 1 aliphatic rings. The van der Waals surface area contributed by atoms with Gasteiger partial charge in [-0.05, 0) is 37.0 Å². The molecule has 0 bridgehead atoms. The first-order chi connectivity index (χ1) is 9.20. The summed E-state index contributed by atoms with van der Waals surface area (Å²) in [5.41, 5.74) is 8.56. The summed E-state index contributed by atoms with van der Waals surface area (Å²) < 4.78 is 11.2. The predicted molar refractivity (Wildman–Crippen MR) is 78.1 cm³/mol. The van der Waals surface area contributed by atoms with Gasteiger partial charge in [-0.2, -0.15) is 0 Å². The quantitative estimate of drug-likeness (QED) is 0.858. The Morgan fingerprint density at radius 1 is 1.16 bits per heavy atom. The Bertz CT molecular complexity index is 433. The van der Waals surface area contributed by atoms with E-state index in [1.807, 2.05) is 0 Å². The van der Waals surface area contributed by atoms with Gasteiger partial charge in [0, 0.05) is 17.5 Å². The summed E-state index contributed by atoms with van der Waals surface area (Å²) in [6.07, 6.45) is 5.65. The van der Waals surface area contributed by atoms with Crippen molar-refractivity contribution in [2.24, 2.45) is 5.73 Å². The topological polar surface area (TPSA) is 44.5 Å². The highest BCUT2D eigenvalue weighted by molar-refractivity contribution is 5.51. The number of nitrogens with two attached hydrogens (primary N) is 1. The third-order valence-electron chi connectivity index (χ3n) is 4.39. The third kappa shape index (κ3) is 2.44. The second-order valence-electron chi connectivity index (χ2n) is 5.45. The molecule has 2 N–H and O–H groups in total. The molecule has 1 saturated carbocycles. The summed E-state index contributed by atoms with van der Waals surface area (Å²) in [4.78, 5) is 0. The van der Waals surface area contributed by atoms with Crippen LogP contribution in [0.3, 0.4) is 0 Å². The van der Waals surface area contributed by atoms with E-state index in [1.54, 1.807) is 14.2 Å². The first-order valence-electron chi connectivity index (χ1n) is 7.16. The van der Waals surface area contributed by atoms with E-state index in [1.165, 1.54) is 17.5 Å². The van der Waals surface area contributed by atoms with Crippen LogP contribution in [0.2, 0.25) is 0 Å². The van der Waals surface area contributed by atoms with Gasteiger partial charge in [0.05, 0.1) is 14.2 Å². The van der Waals surface area contributed by atoms with Crippen LogP contribution in [-0.4, -0.2) is 20.8 Å². The number of benzene rings is 1. The van der Waals surface area contributed by atoms with Crippen LogP contribution < -0.4 is 15.2 Å². The van der Waals surface area contributed by atoms with Crippen LogP contribution in [0.5, 0.6) is 11.5 Å². The Kier molecular flexibility index (Phi) is 4.35. The van der Waals surface area contributed by atoms with Crippen molar-refractivity contribution in [1.82, 2.24) is 0 Å². The van der Waals surface area contributed by atoms with Crippen LogP contribution in [-0.2, 0) is 11.8 Å². The second kappa shape index (κ2) is 5.83. The molecule has 0 amide bonds. The molecule has 0 unspecified atom stereocenters. The van der Waals surface area contributed by atoms with Gasteiger partial charge in [0.15, 0.2) is 0 Å². The summed E-state index contributed by atoms with van der Waals surface area (Å²) in [7, 11) is 3.48. The average Bonchev–Trinajstić information content (AvgIpc) is 2.39. The first kappa shape index (κ1) is 14.2. The molecule has 2 rings (SSSR count). The fourth-order valence-electron chi connectivity index (χ4n) is 3.03. The Hall–Kier alpha value is -1.22. The minimum atomic E-state index is 0.101. The van der Waals surface area contributed by atoms with Crippen LogP contribution >= 0.6 is 0 Å². The fourth-order valence-corrected chi connectivity index (χ4v) is 3.03. The number of rotatable bonds is 6. The summed E-state index contributed by atoms with van der Waals surface area (Å²) in [6, 6.07) is 4.28. The van der Waals surface area contributed by atoms with Gasteiger partial charge in [-0.1, -0.05) is 19.8 Å². The van der Waals surface area contributed by atoms with E-state index in [9.17, 15) is 0 Å². The summed E-state index contributed by atoms with van der Waals surface area (Å²) in [5.74, 6) is 1.94. The molecule has 3 heteroatoms. The highest BCUT2D eigenvalue weighted by Gasteiger charge is 2.40. The maximum Gasteiger partial charge on any atom is 0.123 e. The zero-order valence-corrected chi connectivity index (χ0v) is 12.3. The normalized spacial score (nSPS) is 16.8. The number of aryl methyl sites for hydroxylation is 1. The van der Waals surface area contributed by atoms with Gasteiger partial charge < -0.3 is 15.2 Å². The van der Waals surface area contributed by atoms with Gasteiger partial charge in [0.2, 0.25) is 0 Å². The van der Waals surface area contributed by atoms with Crippen LogP contribution in [0.1, 0.15) is 43.7 Å². The molecule has 0 atom stereocenters. The molecule has 1 aliphatic carbocycles. The molecule has 1 aromatic carbocycles. The van der Waals surface area contributed by atoms with E-state index in [0.29, 0.717) is 6.54 Å². The molecular formula is C16H25NO2. The van der Waals surface area contributed by atoms with E-state index >= 15 is 0 Å². The first-order valence-corrected chi connectivity index (χ1v) is 7.16. The van der Waals surface area contributed by atoms with Crippen LogP contribution in [0, 0.1) is 0 Å². The minimum Gasteiger partial charge on any atom is -0.496 e. The Morgan fingerprint density at radius 2 is 1.84 bits per heavy atom. The van der Waals surface area contributed by atoms with Gasteiger partial charge >= 0.3 is 0 Å². The Labute approximate surface area is 116 Å². The van der Waals surface area contributed by atoms with Crippen molar-refractivity contribution in [2.75, 3.05) is 20.8 Å². The molecule has 0 spiro atoms. The van der Waals surface area contributed by atoms with E-state index in [0.717, 1.165) is 37.2 Å². The highest BCUT2D eigenvalue weighted by atomic mass is 16.5. The lowest BCUT2D eigenvalue weighted by molar-refractivity contribution is 0.242. The highest BCUT2D eigenvalue weighted by Crippen LogP contribution is 2.48. The molecule has 0 radical (unpaired) electrons. The van der Waals surface area contributed by atoms with Crippen molar-refractivity contribution in [3.8, 4) is 11.5 Å². The van der Waals surface area contributed by atoms with Crippen molar-refractivity contribution < 1.29 is 9.47 Å². The van der Waals surface area contributed by atoms with Crippen molar-refractivity contribution >= 4 is 0 Å². The summed E-state index contributed by atoms with van der Waals surface area (Å²) in [6.45, 7) is 2.85. The maximum atomic E-state index is 6.02. The number of hydrogen-bond acceptors (Lipinski definition) is 3. The predicted octanol–water partition coefficient (Wildman–Crippen LogP) is 3.04. The zero-order valence-electron chi connectivity index (χ0n) is 12.3. The molecule has 0 aromatic heterocycles. The van der Waals surface area contributed by atoms with E-state index in [2.05, 4.69) is 19.1 Å². The lowest BCUT2D eigenvalue weighted by Gasteiger charge is -2.42. The monoisotopic (exact) mass is 263 g/mol. The van der Waals surface area contributed by atoms with E-state index < -0.39 is 0 Å². The van der Waals surface area contributed by atoms with E-state index in [-0.39, 0.29) is 5.41 Å². The largest absolute Gasteiger partial charge is 0.496 e. The van der Waals surface area contributed by atoms with Gasteiger partial charge in [0.25, 0.3) is 0 Å². The molecule has 1 aromatic rings. The number of methoxy groups -OCH3 is 2. The average molecular weight is 263 g/mol. The van der Waals surface area contributed by atoms with Crippen LogP contribution in [0.15, 0.2) is 12.1 Å².